The predicted octanol–water partition coefficient (Wildman–Crippen LogP) is -1.16. The standard InChI is InChI=1S/C11H14IN3O5/c12-2-1-5-3-15(11(19)14-9(5)13)10-8(18)7(17)6(4-16)20-10/h1-3,6-8,10,16-18H,4H2,(H2,13,14,19)/t6-,7+,8-,10-/m1/s1. The third-order valence-corrected chi connectivity index (χ3v) is 3.40. The van der Waals surface area contributed by atoms with Gasteiger partial charge >= 0.3 is 5.69 Å². The van der Waals surface area contributed by atoms with Crippen molar-refractivity contribution in [3.05, 3.63) is 26.3 Å². The number of aliphatic hydroxyl groups is 3. The molecule has 0 aromatic carbocycles. The van der Waals surface area contributed by atoms with Crippen molar-refractivity contribution in [3.63, 3.8) is 0 Å². The average molecular weight is 395 g/mol. The molecule has 110 valence electrons. The minimum Gasteiger partial charge on any atom is -0.394 e. The number of nitrogens with two attached hydrogens (primary N) is 1. The molecule has 0 radical (unpaired) electrons. The van der Waals surface area contributed by atoms with Crippen LogP contribution in [0.15, 0.2) is 15.1 Å². The van der Waals surface area contributed by atoms with Gasteiger partial charge in [0.05, 0.1) is 6.61 Å². The van der Waals surface area contributed by atoms with Crippen molar-refractivity contribution in [1.29, 1.82) is 0 Å². The zero-order valence-corrected chi connectivity index (χ0v) is 12.4. The van der Waals surface area contributed by atoms with Crippen LogP contribution in [0.1, 0.15) is 11.8 Å². The van der Waals surface area contributed by atoms with Gasteiger partial charge in [0.25, 0.3) is 0 Å². The van der Waals surface area contributed by atoms with E-state index >= 15 is 0 Å². The van der Waals surface area contributed by atoms with Crippen molar-refractivity contribution in [2.75, 3.05) is 12.3 Å². The van der Waals surface area contributed by atoms with Crippen LogP contribution in [0.25, 0.3) is 6.08 Å². The van der Waals surface area contributed by atoms with E-state index in [4.69, 9.17) is 15.6 Å². The van der Waals surface area contributed by atoms with Gasteiger partial charge in [0, 0.05) is 11.8 Å². The topological polar surface area (TPSA) is 131 Å². The second-order valence-electron chi connectivity index (χ2n) is 4.29. The molecule has 1 aliphatic heterocycles. The van der Waals surface area contributed by atoms with E-state index in [9.17, 15) is 15.0 Å². The summed E-state index contributed by atoms with van der Waals surface area (Å²) in [6.07, 6.45) is -1.67. The molecule has 1 aliphatic rings. The van der Waals surface area contributed by atoms with E-state index in [1.54, 1.807) is 10.2 Å². The summed E-state index contributed by atoms with van der Waals surface area (Å²) in [7, 11) is 0. The Morgan fingerprint density at radius 2 is 2.20 bits per heavy atom. The summed E-state index contributed by atoms with van der Waals surface area (Å²) in [4.78, 5) is 15.5. The lowest BCUT2D eigenvalue weighted by atomic mass is 10.1. The highest BCUT2D eigenvalue weighted by molar-refractivity contribution is 14.1. The van der Waals surface area contributed by atoms with Crippen LogP contribution in [0.2, 0.25) is 0 Å². The highest BCUT2D eigenvalue weighted by Crippen LogP contribution is 2.28. The lowest BCUT2D eigenvalue weighted by Crippen LogP contribution is -2.36. The van der Waals surface area contributed by atoms with Crippen molar-refractivity contribution in [2.24, 2.45) is 0 Å². The van der Waals surface area contributed by atoms with Crippen LogP contribution in [-0.4, -0.2) is 49.8 Å². The first kappa shape index (κ1) is 15.4. The fourth-order valence-electron chi connectivity index (χ4n) is 1.98. The monoisotopic (exact) mass is 395 g/mol. The first-order valence-corrected chi connectivity index (χ1v) is 7.02. The Bertz CT molecular complexity index is 576. The zero-order valence-electron chi connectivity index (χ0n) is 10.3. The lowest BCUT2D eigenvalue weighted by molar-refractivity contribution is -0.0549. The Balaban J connectivity index is 2.43. The number of rotatable bonds is 3. The van der Waals surface area contributed by atoms with Crippen molar-refractivity contribution in [1.82, 2.24) is 9.55 Å². The molecule has 2 heterocycles. The number of ether oxygens (including phenoxy) is 1. The second-order valence-corrected chi connectivity index (χ2v) is 5.01. The molecule has 1 aromatic heterocycles. The largest absolute Gasteiger partial charge is 0.394 e. The van der Waals surface area contributed by atoms with E-state index in [2.05, 4.69) is 4.98 Å². The smallest absolute Gasteiger partial charge is 0.351 e. The molecule has 0 bridgehead atoms. The number of hydrogen-bond acceptors (Lipinski definition) is 7. The minimum absolute atomic E-state index is 0.0610. The maximum Gasteiger partial charge on any atom is 0.351 e. The summed E-state index contributed by atoms with van der Waals surface area (Å²) < 4.78 is 8.02. The van der Waals surface area contributed by atoms with Crippen molar-refractivity contribution >= 4 is 34.5 Å². The van der Waals surface area contributed by atoms with Gasteiger partial charge in [-0.1, -0.05) is 22.6 Å². The first-order chi connectivity index (χ1) is 9.49. The summed E-state index contributed by atoms with van der Waals surface area (Å²) in [6, 6.07) is 0. The molecule has 0 aliphatic carbocycles. The van der Waals surface area contributed by atoms with Crippen LogP contribution in [0.3, 0.4) is 0 Å². The number of nitrogens with zero attached hydrogens (tertiary/aromatic N) is 2. The zero-order chi connectivity index (χ0) is 14.9. The Kier molecular flexibility index (Phi) is 4.75. The quantitative estimate of drug-likeness (QED) is 0.475. The summed E-state index contributed by atoms with van der Waals surface area (Å²) in [5.74, 6) is 0.0610. The highest BCUT2D eigenvalue weighted by Gasteiger charge is 2.43. The van der Waals surface area contributed by atoms with Crippen molar-refractivity contribution in [2.45, 2.75) is 24.5 Å². The van der Waals surface area contributed by atoms with E-state index in [0.717, 1.165) is 4.57 Å². The fourth-order valence-corrected chi connectivity index (χ4v) is 2.37. The summed E-state index contributed by atoms with van der Waals surface area (Å²) in [5, 5.41) is 28.6. The number of nitrogen functional groups attached to an aromatic ring is 1. The van der Waals surface area contributed by atoms with Gasteiger partial charge in [-0.15, -0.1) is 0 Å². The molecule has 0 saturated carbocycles. The molecule has 0 unspecified atom stereocenters. The Hall–Kier alpha value is -1.01. The molecular formula is C11H14IN3O5. The Morgan fingerprint density at radius 3 is 2.75 bits per heavy atom. The van der Waals surface area contributed by atoms with Gasteiger partial charge in [-0.25, -0.2) is 4.79 Å². The molecule has 0 amide bonds. The molecule has 5 N–H and O–H groups in total. The number of aliphatic hydroxyl groups excluding tert-OH is 3. The lowest BCUT2D eigenvalue weighted by Gasteiger charge is -2.18. The van der Waals surface area contributed by atoms with Crippen molar-refractivity contribution in [3.8, 4) is 0 Å². The molecule has 0 spiro atoms. The molecule has 2 rings (SSSR count). The van der Waals surface area contributed by atoms with Crippen LogP contribution in [0, 0.1) is 0 Å². The minimum atomic E-state index is -1.34. The summed E-state index contributed by atoms with van der Waals surface area (Å²) >= 11 is 1.99. The van der Waals surface area contributed by atoms with E-state index in [0.29, 0.717) is 5.56 Å². The Morgan fingerprint density at radius 1 is 1.50 bits per heavy atom. The molecule has 9 heteroatoms. The highest BCUT2D eigenvalue weighted by atomic mass is 127. The molecule has 1 aromatic rings. The van der Waals surface area contributed by atoms with E-state index in [1.165, 1.54) is 6.20 Å². The molecule has 4 atom stereocenters. The Labute approximate surface area is 127 Å². The van der Waals surface area contributed by atoms with Crippen LogP contribution in [0.5, 0.6) is 0 Å². The van der Waals surface area contributed by atoms with Gasteiger partial charge < -0.3 is 25.8 Å². The van der Waals surface area contributed by atoms with Gasteiger partial charge in [-0.3, -0.25) is 4.57 Å². The number of anilines is 1. The van der Waals surface area contributed by atoms with Gasteiger partial charge in [0.1, 0.15) is 24.1 Å². The normalized spacial score (nSPS) is 30.2. The number of halogens is 1. The average Bonchev–Trinajstić information content (AvgIpc) is 2.70. The maximum absolute atomic E-state index is 11.8. The molecule has 1 fully saturated rings. The van der Waals surface area contributed by atoms with Crippen LogP contribution in [-0.2, 0) is 4.74 Å². The van der Waals surface area contributed by atoms with Gasteiger partial charge in [-0.05, 0) is 10.2 Å². The van der Waals surface area contributed by atoms with Crippen LogP contribution < -0.4 is 11.4 Å². The SMILES string of the molecule is Nc1nc(=O)n([C@@H]2O[C@H](CO)[C@H](O)[C@H]2O)cc1C=CI. The molecule has 20 heavy (non-hydrogen) atoms. The molecular weight excluding hydrogens is 381 g/mol. The maximum atomic E-state index is 11.8. The summed E-state index contributed by atoms with van der Waals surface area (Å²) in [6.45, 7) is -0.466. The van der Waals surface area contributed by atoms with E-state index < -0.39 is 36.8 Å². The second kappa shape index (κ2) is 6.18. The molecule has 1 saturated heterocycles. The van der Waals surface area contributed by atoms with E-state index in [-0.39, 0.29) is 5.82 Å². The van der Waals surface area contributed by atoms with Crippen LogP contribution in [0.4, 0.5) is 5.82 Å². The van der Waals surface area contributed by atoms with Crippen LogP contribution >= 0.6 is 22.6 Å². The summed E-state index contributed by atoms with van der Waals surface area (Å²) in [5.41, 5.74) is 5.40. The fraction of sp³-hybridized carbons (Fsp3) is 0.455. The molecule has 8 nitrogen and oxygen atoms in total. The predicted molar refractivity (Wildman–Crippen MR) is 79.0 cm³/mol. The first-order valence-electron chi connectivity index (χ1n) is 5.77. The number of aromatic nitrogens is 2. The third kappa shape index (κ3) is 2.72. The van der Waals surface area contributed by atoms with E-state index in [1.807, 2.05) is 22.6 Å². The third-order valence-electron chi connectivity index (χ3n) is 3.04. The van der Waals surface area contributed by atoms with Gasteiger partial charge in [0.2, 0.25) is 0 Å². The van der Waals surface area contributed by atoms with Crippen molar-refractivity contribution < 1.29 is 20.1 Å². The van der Waals surface area contributed by atoms with Gasteiger partial charge in [0.15, 0.2) is 6.23 Å². The number of hydrogen-bond donors (Lipinski definition) is 4. The van der Waals surface area contributed by atoms with Gasteiger partial charge in [-0.2, -0.15) is 4.98 Å².